The van der Waals surface area contributed by atoms with Gasteiger partial charge in [0, 0.05) is 13.0 Å². The molecule has 2 heterocycles. The minimum atomic E-state index is -3.07. The molecule has 15 heavy (non-hydrogen) atoms. The van der Waals surface area contributed by atoms with Crippen LogP contribution in [-0.4, -0.2) is 49.3 Å². The second kappa shape index (κ2) is 3.48. The molecule has 2 saturated heterocycles. The van der Waals surface area contributed by atoms with Gasteiger partial charge in [0.2, 0.25) is 5.91 Å². The number of nitrogens with zero attached hydrogens (tertiary/aromatic N) is 1. The summed E-state index contributed by atoms with van der Waals surface area (Å²) < 4.78 is 22.5. The van der Waals surface area contributed by atoms with Crippen LogP contribution in [0, 0.1) is 0 Å². The standard InChI is InChI=1S/C8H12N2O4S/c11-7-1-3-9-8(12)10(7)6-2-4-15(13,14)5-6/h6H,1-5H2,(H,9,12)/t6-/m1/s1. The molecule has 2 fully saturated rings. The van der Waals surface area contributed by atoms with Crippen LogP contribution in [0.1, 0.15) is 12.8 Å². The van der Waals surface area contributed by atoms with Crippen molar-refractivity contribution in [3.8, 4) is 0 Å². The van der Waals surface area contributed by atoms with Crippen molar-refractivity contribution in [2.24, 2.45) is 0 Å². The Labute approximate surface area is 87.5 Å². The topological polar surface area (TPSA) is 83.6 Å². The molecular weight excluding hydrogens is 220 g/mol. The molecule has 0 bridgehead atoms. The van der Waals surface area contributed by atoms with Gasteiger partial charge in [0.25, 0.3) is 0 Å². The van der Waals surface area contributed by atoms with Crippen LogP contribution in [0.4, 0.5) is 4.79 Å². The smallest absolute Gasteiger partial charge is 0.324 e. The van der Waals surface area contributed by atoms with Crippen LogP contribution in [0.2, 0.25) is 0 Å². The molecule has 6 nitrogen and oxygen atoms in total. The summed E-state index contributed by atoms with van der Waals surface area (Å²) in [6, 6.07) is -0.934. The van der Waals surface area contributed by atoms with Gasteiger partial charge in [-0.3, -0.25) is 9.69 Å². The summed E-state index contributed by atoms with van der Waals surface area (Å²) in [7, 11) is -3.07. The van der Waals surface area contributed by atoms with Crippen LogP contribution in [0.3, 0.4) is 0 Å². The third-order valence-electron chi connectivity index (χ3n) is 2.68. The highest BCUT2D eigenvalue weighted by Gasteiger charge is 2.39. The van der Waals surface area contributed by atoms with Crippen molar-refractivity contribution in [1.29, 1.82) is 0 Å². The molecule has 2 aliphatic heterocycles. The first-order valence-corrected chi connectivity index (χ1v) is 6.62. The fourth-order valence-electron chi connectivity index (χ4n) is 1.94. The Hall–Kier alpha value is -1.11. The van der Waals surface area contributed by atoms with Gasteiger partial charge in [-0.15, -0.1) is 0 Å². The zero-order chi connectivity index (χ0) is 11.1. The van der Waals surface area contributed by atoms with Gasteiger partial charge in [-0.1, -0.05) is 0 Å². The largest absolute Gasteiger partial charge is 0.337 e. The highest BCUT2D eigenvalue weighted by molar-refractivity contribution is 7.91. The van der Waals surface area contributed by atoms with Crippen molar-refractivity contribution in [2.45, 2.75) is 18.9 Å². The maximum absolute atomic E-state index is 11.5. The van der Waals surface area contributed by atoms with E-state index in [0.29, 0.717) is 13.0 Å². The lowest BCUT2D eigenvalue weighted by Crippen LogP contribution is -2.54. The number of sulfone groups is 1. The number of rotatable bonds is 1. The van der Waals surface area contributed by atoms with Crippen LogP contribution in [0.5, 0.6) is 0 Å². The molecule has 2 rings (SSSR count). The number of imide groups is 1. The van der Waals surface area contributed by atoms with Crippen LogP contribution in [0.25, 0.3) is 0 Å². The van der Waals surface area contributed by atoms with E-state index in [0.717, 1.165) is 4.90 Å². The number of hydrogen-bond acceptors (Lipinski definition) is 4. The van der Waals surface area contributed by atoms with Gasteiger partial charge in [0.1, 0.15) is 0 Å². The molecule has 0 unspecified atom stereocenters. The first kappa shape index (κ1) is 10.4. The van der Waals surface area contributed by atoms with Crippen molar-refractivity contribution in [1.82, 2.24) is 10.2 Å². The van der Waals surface area contributed by atoms with Gasteiger partial charge >= 0.3 is 6.03 Å². The van der Waals surface area contributed by atoms with Crippen molar-refractivity contribution in [3.05, 3.63) is 0 Å². The van der Waals surface area contributed by atoms with E-state index in [2.05, 4.69) is 5.32 Å². The molecule has 2 aliphatic rings. The molecule has 3 amide bonds. The first-order chi connectivity index (χ1) is 6.99. The first-order valence-electron chi connectivity index (χ1n) is 4.80. The minimum Gasteiger partial charge on any atom is -0.337 e. The third-order valence-corrected chi connectivity index (χ3v) is 4.43. The summed E-state index contributed by atoms with van der Waals surface area (Å²) in [5, 5.41) is 2.54. The number of nitrogens with one attached hydrogen (secondary N) is 1. The predicted octanol–water partition coefficient (Wildman–Crippen LogP) is -0.885. The lowest BCUT2D eigenvalue weighted by molar-refractivity contribution is -0.130. The Morgan fingerprint density at radius 2 is 2.07 bits per heavy atom. The summed E-state index contributed by atoms with van der Waals surface area (Å²) >= 11 is 0. The maximum Gasteiger partial charge on any atom is 0.324 e. The number of urea groups is 1. The maximum atomic E-state index is 11.5. The van der Waals surface area contributed by atoms with E-state index in [-0.39, 0.29) is 23.8 Å². The second-order valence-corrected chi connectivity index (χ2v) is 6.03. The molecule has 1 N–H and O–H groups in total. The zero-order valence-corrected chi connectivity index (χ0v) is 8.92. The summed E-state index contributed by atoms with van der Waals surface area (Å²) in [6.45, 7) is 0.341. The van der Waals surface area contributed by atoms with Crippen molar-refractivity contribution >= 4 is 21.8 Å². The van der Waals surface area contributed by atoms with Gasteiger partial charge in [-0.2, -0.15) is 0 Å². The fourth-order valence-corrected chi connectivity index (χ4v) is 3.64. The van der Waals surface area contributed by atoms with Crippen LogP contribution < -0.4 is 5.32 Å². The number of carbonyl (C=O) groups is 2. The average molecular weight is 232 g/mol. The fraction of sp³-hybridized carbons (Fsp3) is 0.750. The summed E-state index contributed by atoms with van der Waals surface area (Å²) in [6.07, 6.45) is 0.615. The molecule has 1 atom stereocenters. The highest BCUT2D eigenvalue weighted by Crippen LogP contribution is 2.19. The molecule has 0 aliphatic carbocycles. The molecule has 0 spiro atoms. The molecule has 0 aromatic rings. The summed E-state index contributed by atoms with van der Waals surface area (Å²) in [4.78, 5) is 23.9. The van der Waals surface area contributed by atoms with Gasteiger partial charge in [-0.25, -0.2) is 13.2 Å². The van der Waals surface area contributed by atoms with Crippen LogP contribution >= 0.6 is 0 Å². The molecule has 7 heteroatoms. The van der Waals surface area contributed by atoms with E-state index < -0.39 is 21.9 Å². The Kier molecular flexibility index (Phi) is 2.41. The third kappa shape index (κ3) is 1.97. The van der Waals surface area contributed by atoms with Crippen molar-refractivity contribution in [3.63, 3.8) is 0 Å². The second-order valence-electron chi connectivity index (χ2n) is 3.80. The van der Waals surface area contributed by atoms with E-state index >= 15 is 0 Å². The average Bonchev–Trinajstić information content (AvgIpc) is 2.46. The lowest BCUT2D eigenvalue weighted by Gasteiger charge is -2.29. The van der Waals surface area contributed by atoms with Gasteiger partial charge < -0.3 is 5.32 Å². The number of hydrogen-bond donors (Lipinski definition) is 1. The monoisotopic (exact) mass is 232 g/mol. The van der Waals surface area contributed by atoms with Crippen molar-refractivity contribution < 1.29 is 18.0 Å². The molecular formula is C8H12N2O4S. The molecule has 0 aromatic heterocycles. The van der Waals surface area contributed by atoms with Crippen molar-refractivity contribution in [2.75, 3.05) is 18.1 Å². The van der Waals surface area contributed by atoms with Gasteiger partial charge in [0.05, 0.1) is 17.5 Å². The minimum absolute atomic E-state index is 0.0642. The van der Waals surface area contributed by atoms with E-state index in [1.165, 1.54) is 0 Å². The Morgan fingerprint density at radius 3 is 2.60 bits per heavy atom. The van der Waals surface area contributed by atoms with Gasteiger partial charge in [0.15, 0.2) is 9.84 Å². The number of carbonyl (C=O) groups excluding carboxylic acids is 2. The van der Waals surface area contributed by atoms with E-state index in [9.17, 15) is 18.0 Å². The lowest BCUT2D eigenvalue weighted by atomic mass is 10.2. The van der Waals surface area contributed by atoms with E-state index in [4.69, 9.17) is 0 Å². The zero-order valence-electron chi connectivity index (χ0n) is 8.10. The predicted molar refractivity (Wildman–Crippen MR) is 51.9 cm³/mol. The quantitative estimate of drug-likeness (QED) is 0.636. The summed E-state index contributed by atoms with van der Waals surface area (Å²) in [5.41, 5.74) is 0. The van der Waals surface area contributed by atoms with Gasteiger partial charge in [-0.05, 0) is 6.42 Å². The Morgan fingerprint density at radius 1 is 1.33 bits per heavy atom. The SMILES string of the molecule is O=C1CCNC(=O)N1[C@@H]1CCS(=O)(=O)C1. The molecule has 0 radical (unpaired) electrons. The Bertz CT molecular complexity index is 387. The molecule has 84 valence electrons. The van der Waals surface area contributed by atoms with E-state index in [1.807, 2.05) is 0 Å². The number of amides is 3. The highest BCUT2D eigenvalue weighted by atomic mass is 32.2. The Balaban J connectivity index is 2.16. The molecule has 0 saturated carbocycles. The normalized spacial score (nSPS) is 30.4. The molecule has 0 aromatic carbocycles. The van der Waals surface area contributed by atoms with Crippen LogP contribution in [-0.2, 0) is 14.6 Å². The van der Waals surface area contributed by atoms with Crippen LogP contribution in [0.15, 0.2) is 0 Å². The summed E-state index contributed by atoms with van der Waals surface area (Å²) in [5.74, 6) is -0.304. The van der Waals surface area contributed by atoms with E-state index in [1.54, 1.807) is 0 Å².